The Morgan fingerprint density at radius 2 is 2.08 bits per heavy atom. The van der Waals surface area contributed by atoms with E-state index in [4.69, 9.17) is 5.73 Å². The van der Waals surface area contributed by atoms with Gasteiger partial charge in [-0.05, 0) is 6.92 Å². The Bertz CT molecular complexity index is 425. The number of nitrogen functional groups attached to an aromatic ring is 1. The van der Waals surface area contributed by atoms with Gasteiger partial charge in [0.2, 0.25) is 0 Å². The van der Waals surface area contributed by atoms with Crippen LogP contribution in [0.15, 0.2) is 18.6 Å². The lowest BCUT2D eigenvalue weighted by molar-refractivity contribution is 0.765. The monoisotopic (exact) mass is 177 g/mol. The molecule has 0 atom stereocenters. The molecule has 2 heterocycles. The minimum Gasteiger partial charge on any atom is -0.396 e. The van der Waals surface area contributed by atoms with Crippen LogP contribution in [0.4, 0.5) is 5.69 Å². The van der Waals surface area contributed by atoms with E-state index in [-0.39, 0.29) is 0 Å². The summed E-state index contributed by atoms with van der Waals surface area (Å²) in [4.78, 5) is 0. The maximum atomic E-state index is 5.67. The number of hydrogen-bond acceptors (Lipinski definition) is 3. The molecule has 0 bridgehead atoms. The second-order valence-corrected chi connectivity index (χ2v) is 2.97. The van der Waals surface area contributed by atoms with Crippen molar-refractivity contribution in [2.45, 2.75) is 6.92 Å². The fraction of sp³-hybridized carbons (Fsp3) is 0.250. The molecular formula is C8H11N5. The molecule has 0 aliphatic rings. The predicted molar refractivity (Wildman–Crippen MR) is 49.5 cm³/mol. The smallest absolute Gasteiger partial charge is 0.103 e. The van der Waals surface area contributed by atoms with Crippen molar-refractivity contribution >= 4 is 5.69 Å². The van der Waals surface area contributed by atoms with Gasteiger partial charge in [0.15, 0.2) is 0 Å². The Balaban J connectivity index is 2.52. The van der Waals surface area contributed by atoms with E-state index in [1.807, 2.05) is 20.2 Å². The minimum atomic E-state index is 0.698. The van der Waals surface area contributed by atoms with Gasteiger partial charge in [-0.1, -0.05) is 0 Å². The topological polar surface area (TPSA) is 61.7 Å². The van der Waals surface area contributed by atoms with Crippen LogP contribution in [0.2, 0.25) is 0 Å². The average Bonchev–Trinajstić information content (AvgIpc) is 2.62. The average molecular weight is 177 g/mol. The van der Waals surface area contributed by atoms with Crippen LogP contribution in [0.3, 0.4) is 0 Å². The van der Waals surface area contributed by atoms with Crippen molar-refractivity contribution in [3.05, 3.63) is 24.3 Å². The highest BCUT2D eigenvalue weighted by Gasteiger charge is 2.05. The summed E-state index contributed by atoms with van der Waals surface area (Å²) in [6.45, 7) is 1.93. The van der Waals surface area contributed by atoms with Crippen LogP contribution >= 0.6 is 0 Å². The second kappa shape index (κ2) is 2.62. The highest BCUT2D eigenvalue weighted by Crippen LogP contribution is 2.13. The van der Waals surface area contributed by atoms with E-state index in [1.54, 1.807) is 21.8 Å². The summed E-state index contributed by atoms with van der Waals surface area (Å²) in [6.07, 6.45) is 5.28. The molecular weight excluding hydrogens is 166 g/mol. The summed E-state index contributed by atoms with van der Waals surface area (Å²) >= 11 is 0. The summed E-state index contributed by atoms with van der Waals surface area (Å²) < 4.78 is 3.50. The van der Waals surface area contributed by atoms with Gasteiger partial charge in [0.25, 0.3) is 0 Å². The first-order valence-electron chi connectivity index (χ1n) is 3.97. The van der Waals surface area contributed by atoms with Gasteiger partial charge in [0.05, 0.1) is 30.0 Å². The predicted octanol–water partition coefficient (Wildman–Crippen LogP) is 0.496. The largest absolute Gasteiger partial charge is 0.396 e. The molecule has 2 aromatic rings. The van der Waals surface area contributed by atoms with Crippen molar-refractivity contribution in [1.29, 1.82) is 0 Å². The van der Waals surface area contributed by atoms with E-state index in [9.17, 15) is 0 Å². The SMILES string of the molecule is Cc1c(N)cnn1-c1cnn(C)c1. The molecule has 68 valence electrons. The van der Waals surface area contributed by atoms with E-state index in [0.717, 1.165) is 11.4 Å². The van der Waals surface area contributed by atoms with Crippen molar-refractivity contribution in [2.24, 2.45) is 7.05 Å². The Morgan fingerprint density at radius 3 is 2.54 bits per heavy atom. The fourth-order valence-corrected chi connectivity index (χ4v) is 1.20. The lowest BCUT2D eigenvalue weighted by Crippen LogP contribution is -1.98. The fourth-order valence-electron chi connectivity index (χ4n) is 1.20. The molecule has 0 radical (unpaired) electrons. The lowest BCUT2D eigenvalue weighted by atomic mass is 10.4. The summed E-state index contributed by atoms with van der Waals surface area (Å²) in [7, 11) is 1.87. The number of anilines is 1. The summed E-state index contributed by atoms with van der Waals surface area (Å²) in [5, 5.41) is 8.20. The van der Waals surface area contributed by atoms with Crippen LogP contribution in [0.1, 0.15) is 5.69 Å². The van der Waals surface area contributed by atoms with Gasteiger partial charge in [-0.15, -0.1) is 0 Å². The van der Waals surface area contributed by atoms with E-state index in [1.165, 1.54) is 0 Å². The molecule has 2 aromatic heterocycles. The quantitative estimate of drug-likeness (QED) is 0.689. The zero-order chi connectivity index (χ0) is 9.42. The second-order valence-electron chi connectivity index (χ2n) is 2.97. The van der Waals surface area contributed by atoms with Gasteiger partial charge in [-0.3, -0.25) is 4.68 Å². The summed E-state index contributed by atoms with van der Waals surface area (Å²) in [5.74, 6) is 0. The maximum absolute atomic E-state index is 5.67. The molecule has 2 N–H and O–H groups in total. The molecule has 0 aliphatic carbocycles. The van der Waals surface area contributed by atoms with Gasteiger partial charge in [-0.2, -0.15) is 10.2 Å². The normalized spacial score (nSPS) is 10.6. The Labute approximate surface area is 75.8 Å². The van der Waals surface area contributed by atoms with Crippen LogP contribution in [0.25, 0.3) is 5.69 Å². The Kier molecular flexibility index (Phi) is 1.58. The van der Waals surface area contributed by atoms with Gasteiger partial charge < -0.3 is 5.73 Å². The van der Waals surface area contributed by atoms with Crippen LogP contribution in [0, 0.1) is 6.92 Å². The van der Waals surface area contributed by atoms with Crippen molar-refractivity contribution in [2.75, 3.05) is 5.73 Å². The number of aromatic nitrogens is 4. The van der Waals surface area contributed by atoms with Crippen LogP contribution in [-0.2, 0) is 7.05 Å². The van der Waals surface area contributed by atoms with Gasteiger partial charge >= 0.3 is 0 Å². The van der Waals surface area contributed by atoms with Crippen molar-refractivity contribution in [1.82, 2.24) is 19.6 Å². The molecule has 0 saturated carbocycles. The van der Waals surface area contributed by atoms with Gasteiger partial charge in [0, 0.05) is 7.05 Å². The highest BCUT2D eigenvalue weighted by atomic mass is 15.3. The summed E-state index contributed by atoms with van der Waals surface area (Å²) in [6, 6.07) is 0. The van der Waals surface area contributed by atoms with E-state index >= 15 is 0 Å². The maximum Gasteiger partial charge on any atom is 0.103 e. The number of aryl methyl sites for hydroxylation is 1. The molecule has 0 spiro atoms. The standard InChI is InChI=1S/C8H11N5/c1-6-8(9)4-11-13(6)7-3-10-12(2)5-7/h3-5H,9H2,1-2H3. The molecule has 0 fully saturated rings. The van der Waals surface area contributed by atoms with E-state index in [0.29, 0.717) is 5.69 Å². The minimum absolute atomic E-state index is 0.698. The number of rotatable bonds is 1. The molecule has 5 nitrogen and oxygen atoms in total. The van der Waals surface area contributed by atoms with Gasteiger partial charge in [0.1, 0.15) is 5.69 Å². The first kappa shape index (κ1) is 7.85. The third-order valence-corrected chi connectivity index (χ3v) is 1.98. The molecule has 0 saturated heterocycles. The molecule has 0 aromatic carbocycles. The van der Waals surface area contributed by atoms with Crippen molar-refractivity contribution in [3.8, 4) is 5.69 Å². The Hall–Kier alpha value is -1.78. The highest BCUT2D eigenvalue weighted by molar-refractivity contribution is 5.44. The van der Waals surface area contributed by atoms with E-state index < -0.39 is 0 Å². The molecule has 13 heavy (non-hydrogen) atoms. The molecule has 0 amide bonds. The summed E-state index contributed by atoms with van der Waals surface area (Å²) in [5.41, 5.74) is 8.24. The first-order chi connectivity index (χ1) is 6.18. The van der Waals surface area contributed by atoms with Crippen LogP contribution in [0.5, 0.6) is 0 Å². The molecule has 2 rings (SSSR count). The van der Waals surface area contributed by atoms with Gasteiger partial charge in [-0.25, -0.2) is 4.68 Å². The number of nitrogens with zero attached hydrogens (tertiary/aromatic N) is 4. The van der Waals surface area contributed by atoms with Crippen molar-refractivity contribution in [3.63, 3.8) is 0 Å². The number of nitrogens with two attached hydrogens (primary N) is 1. The van der Waals surface area contributed by atoms with Crippen LogP contribution in [-0.4, -0.2) is 19.6 Å². The molecule has 0 aliphatic heterocycles. The zero-order valence-electron chi connectivity index (χ0n) is 7.60. The van der Waals surface area contributed by atoms with Crippen molar-refractivity contribution < 1.29 is 0 Å². The Morgan fingerprint density at radius 1 is 1.31 bits per heavy atom. The molecule has 0 unspecified atom stereocenters. The lowest BCUT2D eigenvalue weighted by Gasteiger charge is -1.98. The number of hydrogen-bond donors (Lipinski definition) is 1. The van der Waals surface area contributed by atoms with E-state index in [2.05, 4.69) is 10.2 Å². The molecule has 5 heteroatoms. The first-order valence-corrected chi connectivity index (χ1v) is 3.97. The zero-order valence-corrected chi connectivity index (χ0v) is 7.60. The third-order valence-electron chi connectivity index (χ3n) is 1.98. The van der Waals surface area contributed by atoms with Crippen LogP contribution < -0.4 is 5.73 Å². The third kappa shape index (κ3) is 1.18.